The summed E-state index contributed by atoms with van der Waals surface area (Å²) >= 11 is 0. The Labute approximate surface area is 115 Å². The van der Waals surface area contributed by atoms with Gasteiger partial charge < -0.3 is 0 Å². The van der Waals surface area contributed by atoms with Crippen LogP contribution in [0, 0.1) is 34.6 Å². The predicted octanol–water partition coefficient (Wildman–Crippen LogP) is 4.71. The van der Waals surface area contributed by atoms with Crippen LogP contribution in [-0.2, 0) is 0 Å². The molecule has 2 rings (SSSR count). The molecule has 0 unspecified atom stereocenters. The second-order valence-corrected chi connectivity index (χ2v) is 5.21. The van der Waals surface area contributed by atoms with Gasteiger partial charge in [0, 0.05) is 5.56 Å². The topological polar surface area (TPSA) is 17.1 Å². The number of aldehydes is 1. The minimum absolute atomic E-state index is 0.761. The summed E-state index contributed by atoms with van der Waals surface area (Å²) in [5, 5.41) is 0. The Kier molecular flexibility index (Phi) is 3.57. The maximum Gasteiger partial charge on any atom is 0.150 e. The highest BCUT2D eigenvalue weighted by Gasteiger charge is 2.15. The average Bonchev–Trinajstić information content (AvgIpc) is 2.44. The van der Waals surface area contributed by atoms with Crippen LogP contribution in [0.3, 0.4) is 0 Å². The van der Waals surface area contributed by atoms with E-state index in [1.165, 1.54) is 33.4 Å². The number of carbonyl (C=O) groups is 1. The van der Waals surface area contributed by atoms with E-state index >= 15 is 0 Å². The molecule has 0 saturated heterocycles. The second kappa shape index (κ2) is 5.00. The van der Waals surface area contributed by atoms with Crippen molar-refractivity contribution in [2.45, 2.75) is 34.6 Å². The molecule has 0 heterocycles. The summed E-state index contributed by atoms with van der Waals surface area (Å²) in [5.41, 5.74) is 9.54. The van der Waals surface area contributed by atoms with Crippen molar-refractivity contribution in [1.82, 2.24) is 0 Å². The molecule has 0 saturated carbocycles. The van der Waals surface area contributed by atoms with Gasteiger partial charge in [-0.25, -0.2) is 0 Å². The lowest BCUT2D eigenvalue weighted by Crippen LogP contribution is -2.01. The van der Waals surface area contributed by atoms with Crippen molar-refractivity contribution in [2.24, 2.45) is 0 Å². The van der Waals surface area contributed by atoms with E-state index in [9.17, 15) is 4.79 Å². The van der Waals surface area contributed by atoms with Gasteiger partial charge in [0.1, 0.15) is 0 Å². The van der Waals surface area contributed by atoms with E-state index in [1.54, 1.807) is 0 Å². The largest absolute Gasteiger partial charge is 0.298 e. The van der Waals surface area contributed by atoms with Crippen LogP contribution >= 0.6 is 0 Å². The molecular weight excluding hydrogens is 232 g/mol. The van der Waals surface area contributed by atoms with E-state index in [0.717, 1.165) is 17.4 Å². The van der Waals surface area contributed by atoms with Gasteiger partial charge >= 0.3 is 0 Å². The number of rotatable bonds is 2. The highest BCUT2D eigenvalue weighted by atomic mass is 16.1. The van der Waals surface area contributed by atoms with Gasteiger partial charge in [0.05, 0.1) is 0 Å². The molecule has 0 aromatic heterocycles. The van der Waals surface area contributed by atoms with Crippen molar-refractivity contribution in [1.29, 1.82) is 0 Å². The minimum atomic E-state index is 0.761. The molecule has 0 atom stereocenters. The zero-order valence-corrected chi connectivity index (χ0v) is 12.3. The Bertz CT molecular complexity index is 622. The van der Waals surface area contributed by atoms with Crippen LogP contribution in [0.15, 0.2) is 24.3 Å². The molecule has 1 heteroatoms. The summed E-state index contributed by atoms with van der Waals surface area (Å²) in [7, 11) is 0. The number of benzene rings is 2. The fourth-order valence-corrected chi connectivity index (χ4v) is 2.73. The summed E-state index contributed by atoms with van der Waals surface area (Å²) in [6, 6.07) is 7.82. The Morgan fingerprint density at radius 1 is 0.737 bits per heavy atom. The number of carbonyl (C=O) groups excluding carboxylic acids is 1. The summed E-state index contributed by atoms with van der Waals surface area (Å²) in [4.78, 5) is 11.3. The Balaban J connectivity index is 2.87. The lowest BCUT2D eigenvalue weighted by atomic mass is 9.85. The fourth-order valence-electron chi connectivity index (χ4n) is 2.73. The van der Waals surface area contributed by atoms with Crippen LogP contribution in [-0.4, -0.2) is 6.29 Å². The first kappa shape index (κ1) is 13.5. The SMILES string of the molecule is Cc1c(C)c(C)c(-c2ccccc2C=O)c(C)c1C. The summed E-state index contributed by atoms with van der Waals surface area (Å²) in [6.45, 7) is 10.8. The predicted molar refractivity (Wildman–Crippen MR) is 81.0 cm³/mol. The van der Waals surface area contributed by atoms with Crippen LogP contribution in [0.2, 0.25) is 0 Å². The van der Waals surface area contributed by atoms with Gasteiger partial charge in [-0.1, -0.05) is 24.3 Å². The van der Waals surface area contributed by atoms with E-state index in [-0.39, 0.29) is 0 Å². The Morgan fingerprint density at radius 3 is 1.74 bits per heavy atom. The third-order valence-corrected chi connectivity index (χ3v) is 4.36. The van der Waals surface area contributed by atoms with Gasteiger partial charge in [-0.05, 0) is 73.6 Å². The minimum Gasteiger partial charge on any atom is -0.298 e. The molecular formula is C18H20O. The van der Waals surface area contributed by atoms with Crippen molar-refractivity contribution in [3.63, 3.8) is 0 Å². The monoisotopic (exact) mass is 252 g/mol. The third-order valence-electron chi connectivity index (χ3n) is 4.36. The molecule has 0 amide bonds. The molecule has 0 radical (unpaired) electrons. The molecule has 0 fully saturated rings. The Hall–Kier alpha value is -1.89. The van der Waals surface area contributed by atoms with Crippen LogP contribution in [0.1, 0.15) is 38.2 Å². The highest BCUT2D eigenvalue weighted by molar-refractivity contribution is 5.90. The van der Waals surface area contributed by atoms with Gasteiger partial charge in [0.2, 0.25) is 0 Å². The van der Waals surface area contributed by atoms with Gasteiger partial charge in [-0.3, -0.25) is 4.79 Å². The third kappa shape index (κ3) is 2.10. The molecule has 0 N–H and O–H groups in total. The first-order valence-corrected chi connectivity index (χ1v) is 6.60. The van der Waals surface area contributed by atoms with Crippen molar-refractivity contribution in [3.8, 4) is 11.1 Å². The summed E-state index contributed by atoms with van der Waals surface area (Å²) < 4.78 is 0. The van der Waals surface area contributed by atoms with E-state index in [4.69, 9.17) is 0 Å². The summed E-state index contributed by atoms with van der Waals surface area (Å²) in [5.74, 6) is 0. The standard InChI is InChI=1S/C18H20O/c1-11-12(2)14(4)18(15(5)13(11)3)17-9-7-6-8-16(17)10-19/h6-10H,1-5H3. The molecule has 0 bridgehead atoms. The van der Waals surface area contributed by atoms with Crippen LogP contribution < -0.4 is 0 Å². The Morgan fingerprint density at radius 2 is 1.21 bits per heavy atom. The molecule has 0 aliphatic rings. The maximum absolute atomic E-state index is 11.3. The zero-order valence-electron chi connectivity index (χ0n) is 12.3. The zero-order chi connectivity index (χ0) is 14.2. The molecule has 98 valence electrons. The molecule has 0 aliphatic heterocycles. The van der Waals surface area contributed by atoms with Crippen molar-refractivity contribution in [2.75, 3.05) is 0 Å². The molecule has 1 nitrogen and oxygen atoms in total. The lowest BCUT2D eigenvalue weighted by Gasteiger charge is -2.19. The van der Waals surface area contributed by atoms with E-state index in [1.807, 2.05) is 24.3 Å². The molecule has 2 aromatic carbocycles. The fraction of sp³-hybridized carbons (Fsp3) is 0.278. The van der Waals surface area contributed by atoms with Crippen LogP contribution in [0.25, 0.3) is 11.1 Å². The van der Waals surface area contributed by atoms with Crippen LogP contribution in [0.5, 0.6) is 0 Å². The van der Waals surface area contributed by atoms with E-state index in [2.05, 4.69) is 34.6 Å². The van der Waals surface area contributed by atoms with Crippen molar-refractivity contribution in [3.05, 3.63) is 57.6 Å². The molecule has 0 spiro atoms. The highest BCUT2D eigenvalue weighted by Crippen LogP contribution is 2.35. The van der Waals surface area contributed by atoms with Gasteiger partial charge in [-0.2, -0.15) is 0 Å². The van der Waals surface area contributed by atoms with Gasteiger partial charge in [-0.15, -0.1) is 0 Å². The van der Waals surface area contributed by atoms with E-state index in [0.29, 0.717) is 0 Å². The second-order valence-electron chi connectivity index (χ2n) is 5.21. The molecule has 19 heavy (non-hydrogen) atoms. The molecule has 2 aromatic rings. The van der Waals surface area contributed by atoms with Crippen molar-refractivity contribution < 1.29 is 4.79 Å². The molecule has 0 aliphatic carbocycles. The van der Waals surface area contributed by atoms with Gasteiger partial charge in [0.25, 0.3) is 0 Å². The smallest absolute Gasteiger partial charge is 0.150 e. The van der Waals surface area contributed by atoms with Gasteiger partial charge in [0.15, 0.2) is 6.29 Å². The maximum atomic E-state index is 11.3. The van der Waals surface area contributed by atoms with Crippen molar-refractivity contribution >= 4 is 6.29 Å². The quantitative estimate of drug-likeness (QED) is 0.707. The first-order chi connectivity index (χ1) is 8.99. The normalized spacial score (nSPS) is 10.6. The van der Waals surface area contributed by atoms with E-state index < -0.39 is 0 Å². The number of hydrogen-bond donors (Lipinski definition) is 0. The first-order valence-electron chi connectivity index (χ1n) is 6.60. The number of hydrogen-bond acceptors (Lipinski definition) is 1. The van der Waals surface area contributed by atoms with Crippen LogP contribution in [0.4, 0.5) is 0 Å². The average molecular weight is 252 g/mol. The summed E-state index contributed by atoms with van der Waals surface area (Å²) in [6.07, 6.45) is 0.943. The lowest BCUT2D eigenvalue weighted by molar-refractivity contribution is 0.112.